The van der Waals surface area contributed by atoms with Crippen LogP contribution >= 0.6 is 11.3 Å². The molecule has 1 aromatic rings. The summed E-state index contributed by atoms with van der Waals surface area (Å²) in [5, 5.41) is 7.70. The maximum atomic E-state index is 11.7. The number of hydrogen-bond donors (Lipinski definition) is 2. The van der Waals surface area contributed by atoms with Gasteiger partial charge in [0, 0.05) is 44.2 Å². The Morgan fingerprint density at radius 3 is 2.48 bits per heavy atom. The Balaban J connectivity index is 2.60. The molecule has 7 heteroatoms. The van der Waals surface area contributed by atoms with Gasteiger partial charge in [0.1, 0.15) is 6.54 Å². The van der Waals surface area contributed by atoms with Crippen molar-refractivity contribution in [2.75, 3.05) is 33.7 Å². The highest BCUT2D eigenvalue weighted by Crippen LogP contribution is 2.20. The molecule has 0 aliphatic rings. The first kappa shape index (κ1) is 19.4. The number of guanidine groups is 1. The van der Waals surface area contributed by atoms with Gasteiger partial charge in [-0.1, -0.05) is 20.8 Å². The number of rotatable bonds is 7. The van der Waals surface area contributed by atoms with Crippen LogP contribution in [0.4, 0.5) is 0 Å². The molecule has 1 heterocycles. The molecule has 1 rings (SSSR count). The van der Waals surface area contributed by atoms with Crippen molar-refractivity contribution < 1.29 is 4.79 Å². The van der Waals surface area contributed by atoms with Crippen LogP contribution in [-0.2, 0) is 4.79 Å². The van der Waals surface area contributed by atoms with E-state index in [0.29, 0.717) is 17.8 Å². The number of likely N-dealkylation sites (N-methyl/N-ethyl adjacent to an activating group) is 1. The van der Waals surface area contributed by atoms with Crippen LogP contribution in [0.15, 0.2) is 11.2 Å². The molecular formula is C16H29N5OS. The van der Waals surface area contributed by atoms with E-state index in [4.69, 9.17) is 0 Å². The van der Waals surface area contributed by atoms with Crippen LogP contribution in [0.2, 0.25) is 0 Å². The van der Waals surface area contributed by atoms with Crippen LogP contribution in [0.25, 0.3) is 0 Å². The third-order valence-electron chi connectivity index (χ3n) is 3.19. The Hall–Kier alpha value is -1.63. The summed E-state index contributed by atoms with van der Waals surface area (Å²) < 4.78 is 0. The van der Waals surface area contributed by atoms with E-state index in [1.54, 1.807) is 30.3 Å². The van der Waals surface area contributed by atoms with E-state index in [9.17, 15) is 4.79 Å². The maximum absolute atomic E-state index is 11.7. The number of aryl methyl sites for hydroxylation is 1. The highest BCUT2D eigenvalue weighted by atomic mass is 32.1. The fourth-order valence-corrected chi connectivity index (χ4v) is 2.53. The number of aliphatic imine (C=N–C) groups is 1. The van der Waals surface area contributed by atoms with Crippen LogP contribution < -0.4 is 10.6 Å². The average molecular weight is 340 g/mol. The van der Waals surface area contributed by atoms with Gasteiger partial charge in [-0.15, -0.1) is 11.3 Å². The zero-order chi connectivity index (χ0) is 17.4. The first-order valence-electron chi connectivity index (χ1n) is 7.94. The molecule has 1 aromatic heterocycles. The molecule has 130 valence electrons. The number of amides is 1. The van der Waals surface area contributed by atoms with E-state index < -0.39 is 0 Å². The number of carbonyl (C=O) groups is 1. The summed E-state index contributed by atoms with van der Waals surface area (Å²) in [5.41, 5.74) is 0. The maximum Gasteiger partial charge on any atom is 0.243 e. The molecule has 1 amide bonds. The lowest BCUT2D eigenvalue weighted by atomic mass is 10.2. The second kappa shape index (κ2) is 9.50. The van der Waals surface area contributed by atoms with E-state index in [-0.39, 0.29) is 12.5 Å². The predicted octanol–water partition coefficient (Wildman–Crippen LogP) is 1.83. The quantitative estimate of drug-likeness (QED) is 0.587. The molecule has 0 fully saturated rings. The standard InChI is InChI=1S/C16H29N5OS/c1-11(2)7-18-16(20-10-14(22)21(5)6)19-8-12(3)15-17-9-13(4)23-15/h9,11-12H,7-8,10H2,1-6H3,(H2,18,19,20). The summed E-state index contributed by atoms with van der Waals surface area (Å²) in [6, 6.07) is 0. The zero-order valence-electron chi connectivity index (χ0n) is 15.0. The first-order chi connectivity index (χ1) is 10.8. The van der Waals surface area contributed by atoms with Gasteiger partial charge in [0.2, 0.25) is 5.91 Å². The van der Waals surface area contributed by atoms with E-state index >= 15 is 0 Å². The Morgan fingerprint density at radius 2 is 1.96 bits per heavy atom. The van der Waals surface area contributed by atoms with Gasteiger partial charge in [0.15, 0.2) is 5.96 Å². The zero-order valence-corrected chi connectivity index (χ0v) is 15.8. The molecule has 0 aromatic carbocycles. The van der Waals surface area contributed by atoms with Crippen molar-refractivity contribution >= 4 is 23.2 Å². The number of nitrogens with one attached hydrogen (secondary N) is 2. The third-order valence-corrected chi connectivity index (χ3v) is 4.33. The van der Waals surface area contributed by atoms with Crippen molar-refractivity contribution in [1.29, 1.82) is 0 Å². The van der Waals surface area contributed by atoms with Gasteiger partial charge in [-0.2, -0.15) is 0 Å². The van der Waals surface area contributed by atoms with E-state index in [2.05, 4.69) is 48.3 Å². The third kappa shape index (κ3) is 7.45. The highest BCUT2D eigenvalue weighted by Gasteiger charge is 2.11. The Kier molecular flexibility index (Phi) is 8.02. The summed E-state index contributed by atoms with van der Waals surface area (Å²) >= 11 is 1.72. The molecule has 1 atom stereocenters. The van der Waals surface area contributed by atoms with E-state index in [0.717, 1.165) is 18.1 Å². The lowest BCUT2D eigenvalue weighted by molar-refractivity contribution is -0.127. The fraction of sp³-hybridized carbons (Fsp3) is 0.688. The summed E-state index contributed by atoms with van der Waals surface area (Å²) in [6.07, 6.45) is 1.90. The van der Waals surface area contributed by atoms with Crippen molar-refractivity contribution in [3.05, 3.63) is 16.1 Å². The average Bonchev–Trinajstić information content (AvgIpc) is 2.92. The first-order valence-corrected chi connectivity index (χ1v) is 8.76. The van der Waals surface area contributed by atoms with Gasteiger partial charge in [0.05, 0.1) is 5.01 Å². The van der Waals surface area contributed by atoms with Crippen LogP contribution in [0.1, 0.15) is 36.6 Å². The molecule has 6 nitrogen and oxygen atoms in total. The molecule has 0 aliphatic heterocycles. The van der Waals surface area contributed by atoms with Gasteiger partial charge in [0.25, 0.3) is 0 Å². The van der Waals surface area contributed by atoms with Crippen LogP contribution in [0, 0.1) is 12.8 Å². The largest absolute Gasteiger partial charge is 0.356 e. The second-order valence-electron chi connectivity index (χ2n) is 6.32. The molecule has 0 bridgehead atoms. The Bertz CT molecular complexity index is 524. The number of aromatic nitrogens is 1. The summed E-state index contributed by atoms with van der Waals surface area (Å²) in [4.78, 5) is 23.3. The van der Waals surface area contributed by atoms with Crippen molar-refractivity contribution in [1.82, 2.24) is 20.5 Å². The Morgan fingerprint density at radius 1 is 1.30 bits per heavy atom. The monoisotopic (exact) mass is 339 g/mol. The number of thiazole rings is 1. The normalized spacial score (nSPS) is 13.1. The summed E-state index contributed by atoms with van der Waals surface area (Å²) in [5.74, 6) is 1.46. The molecule has 0 radical (unpaired) electrons. The van der Waals surface area contributed by atoms with Gasteiger partial charge >= 0.3 is 0 Å². The van der Waals surface area contributed by atoms with Gasteiger partial charge in [-0.25, -0.2) is 9.98 Å². The highest BCUT2D eigenvalue weighted by molar-refractivity contribution is 7.11. The van der Waals surface area contributed by atoms with Crippen molar-refractivity contribution in [3.8, 4) is 0 Å². The predicted molar refractivity (Wildman–Crippen MR) is 97.1 cm³/mol. The summed E-state index contributed by atoms with van der Waals surface area (Å²) in [7, 11) is 3.47. The molecule has 23 heavy (non-hydrogen) atoms. The second-order valence-corrected chi connectivity index (χ2v) is 7.59. The topological polar surface area (TPSA) is 69.6 Å². The van der Waals surface area contributed by atoms with Gasteiger partial charge in [-0.3, -0.25) is 4.79 Å². The Labute approximate surface area is 143 Å². The SMILES string of the molecule is Cc1cnc(C(C)CNC(=NCC(=O)N(C)C)NCC(C)C)s1. The van der Waals surface area contributed by atoms with E-state index in [1.165, 1.54) is 4.88 Å². The molecule has 1 unspecified atom stereocenters. The van der Waals surface area contributed by atoms with Gasteiger partial charge in [-0.05, 0) is 12.8 Å². The summed E-state index contributed by atoms with van der Waals surface area (Å²) in [6.45, 7) is 10.2. The minimum Gasteiger partial charge on any atom is -0.356 e. The van der Waals surface area contributed by atoms with Crippen molar-refractivity contribution in [3.63, 3.8) is 0 Å². The van der Waals surface area contributed by atoms with Crippen LogP contribution in [0.3, 0.4) is 0 Å². The van der Waals surface area contributed by atoms with Crippen molar-refractivity contribution in [2.24, 2.45) is 10.9 Å². The lowest BCUT2D eigenvalue weighted by Gasteiger charge is -2.17. The molecule has 2 N–H and O–H groups in total. The molecule has 0 saturated carbocycles. The molecular weight excluding hydrogens is 310 g/mol. The number of hydrogen-bond acceptors (Lipinski definition) is 4. The van der Waals surface area contributed by atoms with Crippen LogP contribution in [-0.4, -0.2) is 55.5 Å². The van der Waals surface area contributed by atoms with Crippen molar-refractivity contribution in [2.45, 2.75) is 33.6 Å². The smallest absolute Gasteiger partial charge is 0.243 e. The van der Waals surface area contributed by atoms with Gasteiger partial charge < -0.3 is 15.5 Å². The molecule has 0 aliphatic carbocycles. The lowest BCUT2D eigenvalue weighted by Crippen LogP contribution is -2.41. The van der Waals surface area contributed by atoms with E-state index in [1.807, 2.05) is 6.20 Å². The fourth-order valence-electron chi connectivity index (χ4n) is 1.70. The molecule has 0 spiro atoms. The number of carbonyl (C=O) groups excluding carboxylic acids is 1. The minimum atomic E-state index is -0.0146. The number of nitrogens with zero attached hydrogens (tertiary/aromatic N) is 3. The molecule has 0 saturated heterocycles. The minimum absolute atomic E-state index is 0.0146. The van der Waals surface area contributed by atoms with Crippen LogP contribution in [0.5, 0.6) is 0 Å².